The molecule has 8 heteroatoms. The van der Waals surface area contributed by atoms with Gasteiger partial charge in [-0.3, -0.25) is 9.89 Å². The summed E-state index contributed by atoms with van der Waals surface area (Å²) in [7, 11) is 0. The van der Waals surface area contributed by atoms with E-state index >= 15 is 0 Å². The maximum absolute atomic E-state index is 12.7. The third-order valence-corrected chi connectivity index (χ3v) is 7.10. The quantitative estimate of drug-likeness (QED) is 0.441. The fraction of sp³-hybridized carbons (Fsp3) is 0.280. The third kappa shape index (κ3) is 4.66. The normalized spacial score (nSPS) is 16.2. The van der Waals surface area contributed by atoms with Gasteiger partial charge >= 0.3 is 5.97 Å². The highest BCUT2D eigenvalue weighted by molar-refractivity contribution is 7.18. The van der Waals surface area contributed by atoms with Gasteiger partial charge < -0.3 is 9.64 Å². The van der Waals surface area contributed by atoms with Gasteiger partial charge in [0.05, 0.1) is 20.9 Å². The number of para-hydroxylation sites is 1. The molecule has 1 N–H and O–H groups in total. The number of rotatable bonds is 5. The SMILES string of the molecule is Cc1ccc(-c2cc(C(=O)OCC(=O)N3CCC[C@@H](c4nc5ccccc5s4)C3)[nH]n2)cc1. The van der Waals surface area contributed by atoms with Crippen LogP contribution in [0.3, 0.4) is 0 Å². The van der Waals surface area contributed by atoms with Gasteiger partial charge in [-0.1, -0.05) is 42.0 Å². The summed E-state index contributed by atoms with van der Waals surface area (Å²) < 4.78 is 6.45. The molecule has 1 saturated heterocycles. The van der Waals surface area contributed by atoms with E-state index < -0.39 is 5.97 Å². The Morgan fingerprint density at radius 2 is 2.00 bits per heavy atom. The number of fused-ring (bicyclic) bond motifs is 1. The molecule has 1 atom stereocenters. The van der Waals surface area contributed by atoms with E-state index in [1.54, 1.807) is 22.3 Å². The molecule has 2 aromatic carbocycles. The van der Waals surface area contributed by atoms with Gasteiger partial charge in [-0.2, -0.15) is 5.10 Å². The summed E-state index contributed by atoms with van der Waals surface area (Å²) >= 11 is 1.69. The fourth-order valence-electron chi connectivity index (χ4n) is 4.06. The van der Waals surface area contributed by atoms with Crippen molar-refractivity contribution in [3.05, 3.63) is 70.9 Å². The van der Waals surface area contributed by atoms with E-state index in [-0.39, 0.29) is 24.1 Å². The number of aryl methyl sites for hydroxylation is 1. The average Bonchev–Trinajstić information content (AvgIpc) is 3.51. The van der Waals surface area contributed by atoms with Gasteiger partial charge in [-0.25, -0.2) is 9.78 Å². The van der Waals surface area contributed by atoms with Crippen LogP contribution in [0.2, 0.25) is 0 Å². The van der Waals surface area contributed by atoms with E-state index in [0.29, 0.717) is 18.8 Å². The second kappa shape index (κ2) is 9.15. The molecule has 1 amide bonds. The smallest absolute Gasteiger partial charge is 0.356 e. The van der Waals surface area contributed by atoms with Crippen molar-refractivity contribution >= 4 is 33.4 Å². The van der Waals surface area contributed by atoms with Crippen molar-refractivity contribution in [3.63, 3.8) is 0 Å². The van der Waals surface area contributed by atoms with Crippen LogP contribution >= 0.6 is 11.3 Å². The predicted molar refractivity (Wildman–Crippen MR) is 127 cm³/mol. The van der Waals surface area contributed by atoms with Gasteiger partial charge in [0.1, 0.15) is 5.69 Å². The van der Waals surface area contributed by atoms with Crippen LogP contribution in [0.4, 0.5) is 0 Å². The zero-order valence-electron chi connectivity index (χ0n) is 18.3. The number of hydrogen-bond acceptors (Lipinski definition) is 6. The monoisotopic (exact) mass is 460 g/mol. The number of thiazole rings is 1. The van der Waals surface area contributed by atoms with Crippen molar-refractivity contribution < 1.29 is 14.3 Å². The minimum Gasteiger partial charge on any atom is -0.451 e. The second-order valence-corrected chi connectivity index (χ2v) is 9.37. The molecule has 1 aliphatic rings. The molecule has 1 fully saturated rings. The number of hydrogen-bond donors (Lipinski definition) is 1. The molecule has 0 aliphatic carbocycles. The van der Waals surface area contributed by atoms with Crippen LogP contribution in [0.1, 0.15) is 39.8 Å². The molecule has 0 unspecified atom stereocenters. The summed E-state index contributed by atoms with van der Waals surface area (Å²) in [6, 6.07) is 17.6. The van der Waals surface area contributed by atoms with Crippen molar-refractivity contribution in [2.24, 2.45) is 0 Å². The Labute approximate surface area is 195 Å². The number of piperidine rings is 1. The Balaban J connectivity index is 1.18. The van der Waals surface area contributed by atoms with Crippen LogP contribution in [-0.4, -0.2) is 51.7 Å². The average molecular weight is 461 g/mol. The molecule has 0 saturated carbocycles. The number of nitrogens with one attached hydrogen (secondary N) is 1. The summed E-state index contributed by atoms with van der Waals surface area (Å²) in [5.41, 5.74) is 3.93. The Morgan fingerprint density at radius 1 is 1.18 bits per heavy atom. The maximum atomic E-state index is 12.7. The highest BCUT2D eigenvalue weighted by Gasteiger charge is 2.27. The summed E-state index contributed by atoms with van der Waals surface area (Å²) in [5.74, 6) is -0.568. The molecule has 0 bridgehead atoms. The number of likely N-dealkylation sites (tertiary alicyclic amines) is 1. The molecule has 0 spiro atoms. The molecular weight excluding hydrogens is 436 g/mol. The third-order valence-electron chi connectivity index (χ3n) is 5.91. The van der Waals surface area contributed by atoms with Gasteiger partial charge in [0.2, 0.25) is 0 Å². The van der Waals surface area contributed by atoms with E-state index in [9.17, 15) is 9.59 Å². The van der Waals surface area contributed by atoms with Crippen LogP contribution < -0.4 is 0 Å². The summed E-state index contributed by atoms with van der Waals surface area (Å²) in [6.07, 6.45) is 1.90. The van der Waals surface area contributed by atoms with Crippen LogP contribution in [0, 0.1) is 6.92 Å². The lowest BCUT2D eigenvalue weighted by Crippen LogP contribution is -2.41. The number of carbonyl (C=O) groups excluding carboxylic acids is 2. The molecule has 168 valence electrons. The Morgan fingerprint density at radius 3 is 2.82 bits per heavy atom. The minimum absolute atomic E-state index is 0.188. The number of nitrogens with zero attached hydrogens (tertiary/aromatic N) is 3. The number of carbonyl (C=O) groups is 2. The van der Waals surface area contributed by atoms with Crippen molar-refractivity contribution in [1.29, 1.82) is 0 Å². The highest BCUT2D eigenvalue weighted by Crippen LogP contribution is 2.33. The highest BCUT2D eigenvalue weighted by atomic mass is 32.1. The molecule has 3 heterocycles. The van der Waals surface area contributed by atoms with Crippen LogP contribution in [0.15, 0.2) is 54.6 Å². The van der Waals surface area contributed by atoms with Crippen molar-refractivity contribution in [1.82, 2.24) is 20.1 Å². The van der Waals surface area contributed by atoms with E-state index in [4.69, 9.17) is 9.72 Å². The molecule has 4 aromatic rings. The molecule has 1 aliphatic heterocycles. The van der Waals surface area contributed by atoms with Crippen molar-refractivity contribution in [3.8, 4) is 11.3 Å². The molecule has 0 radical (unpaired) electrons. The number of amides is 1. The zero-order chi connectivity index (χ0) is 22.8. The van der Waals surface area contributed by atoms with Gasteiger partial charge in [-0.05, 0) is 38.0 Å². The maximum Gasteiger partial charge on any atom is 0.356 e. The number of benzene rings is 2. The van der Waals surface area contributed by atoms with Crippen LogP contribution in [-0.2, 0) is 9.53 Å². The first-order valence-corrected chi connectivity index (χ1v) is 11.8. The topological polar surface area (TPSA) is 88.2 Å². The van der Waals surface area contributed by atoms with Crippen LogP contribution in [0.5, 0.6) is 0 Å². The van der Waals surface area contributed by atoms with Gasteiger partial charge in [-0.15, -0.1) is 11.3 Å². The van der Waals surface area contributed by atoms with Gasteiger partial charge in [0, 0.05) is 24.6 Å². The van der Waals surface area contributed by atoms with Crippen LogP contribution in [0.25, 0.3) is 21.5 Å². The van der Waals surface area contributed by atoms with Gasteiger partial charge in [0.15, 0.2) is 6.61 Å². The Hall–Kier alpha value is -3.52. The van der Waals surface area contributed by atoms with E-state index in [1.165, 1.54) is 0 Å². The standard InChI is InChI=1S/C25H24N4O3S/c1-16-8-10-17(11-9-16)20-13-21(28-27-20)25(31)32-15-23(30)29-12-4-5-18(14-29)24-26-19-6-2-3-7-22(19)33-24/h2-3,6-11,13,18H,4-5,12,14-15H2,1H3,(H,27,28)/t18-/m1/s1. The van der Waals surface area contributed by atoms with Crippen molar-refractivity contribution in [2.75, 3.05) is 19.7 Å². The summed E-state index contributed by atoms with van der Waals surface area (Å²) in [5, 5.41) is 7.96. The van der Waals surface area contributed by atoms with E-state index in [1.807, 2.05) is 49.4 Å². The lowest BCUT2D eigenvalue weighted by molar-refractivity contribution is -0.135. The summed E-state index contributed by atoms with van der Waals surface area (Å²) in [6.45, 7) is 2.99. The number of ether oxygens (including phenoxy) is 1. The predicted octanol–water partition coefficient (Wildman–Crippen LogP) is 4.56. The fourth-order valence-corrected chi connectivity index (χ4v) is 5.16. The van der Waals surface area contributed by atoms with Gasteiger partial charge in [0.25, 0.3) is 5.91 Å². The molecule has 7 nitrogen and oxygen atoms in total. The first-order valence-electron chi connectivity index (χ1n) is 11.0. The number of aromatic nitrogens is 3. The number of aromatic amines is 1. The molecule has 2 aromatic heterocycles. The lowest BCUT2D eigenvalue weighted by atomic mass is 9.99. The second-order valence-electron chi connectivity index (χ2n) is 8.31. The molecule has 33 heavy (non-hydrogen) atoms. The number of H-pyrrole nitrogens is 1. The largest absolute Gasteiger partial charge is 0.451 e. The van der Waals surface area contributed by atoms with Crippen molar-refractivity contribution in [2.45, 2.75) is 25.7 Å². The number of esters is 1. The summed E-state index contributed by atoms with van der Waals surface area (Å²) in [4.78, 5) is 31.7. The Bertz CT molecular complexity index is 1260. The zero-order valence-corrected chi connectivity index (χ0v) is 19.1. The Kier molecular flexibility index (Phi) is 5.92. The molecular formula is C25H24N4O3S. The van der Waals surface area contributed by atoms with E-state index in [0.717, 1.165) is 39.2 Å². The first-order chi connectivity index (χ1) is 16.1. The lowest BCUT2D eigenvalue weighted by Gasteiger charge is -2.31. The van der Waals surface area contributed by atoms with E-state index in [2.05, 4.69) is 16.3 Å². The minimum atomic E-state index is -0.589. The first kappa shape index (κ1) is 21.3. The molecule has 5 rings (SSSR count).